The Kier molecular flexibility index (Phi) is 7.32. The summed E-state index contributed by atoms with van der Waals surface area (Å²) in [6.45, 7) is 1.39. The van der Waals surface area contributed by atoms with Crippen LogP contribution < -0.4 is 15.4 Å². The lowest BCUT2D eigenvalue weighted by atomic mass is 10.1. The zero-order valence-electron chi connectivity index (χ0n) is 17.7. The number of methoxy groups -OCH3 is 1. The molecule has 0 bridgehead atoms. The van der Waals surface area contributed by atoms with Crippen LogP contribution >= 0.6 is 0 Å². The summed E-state index contributed by atoms with van der Waals surface area (Å²) in [7, 11) is 5.12. The van der Waals surface area contributed by atoms with Gasteiger partial charge in [0.2, 0.25) is 5.91 Å². The number of para-hydroxylation sites is 1. The standard InChI is InChI=1S/C23H29N5O2/c1-28(2)22(29)16-27-23(26-14-17-8-10-19(30-3)11-9-17)24-13-12-18-15-25-21-7-5-4-6-20(18)21/h4-11,15,25H,12-14,16H2,1-3H3,(H2,24,26,27). The molecule has 0 unspecified atom stereocenters. The summed E-state index contributed by atoms with van der Waals surface area (Å²) in [5.41, 5.74) is 3.44. The minimum Gasteiger partial charge on any atom is -0.497 e. The Bertz CT molecular complexity index is 992. The molecule has 1 amide bonds. The van der Waals surface area contributed by atoms with E-state index in [1.807, 2.05) is 42.6 Å². The first-order valence-electron chi connectivity index (χ1n) is 9.97. The number of guanidine groups is 1. The second-order valence-electron chi connectivity index (χ2n) is 7.19. The second kappa shape index (κ2) is 10.3. The minimum atomic E-state index is -0.00873. The number of fused-ring (bicyclic) bond motifs is 1. The van der Waals surface area contributed by atoms with Gasteiger partial charge >= 0.3 is 0 Å². The summed E-state index contributed by atoms with van der Waals surface area (Å²) in [5, 5.41) is 7.69. The third-order valence-corrected chi connectivity index (χ3v) is 4.85. The summed E-state index contributed by atoms with van der Waals surface area (Å²) in [4.78, 5) is 21.5. The number of likely N-dealkylation sites (N-methyl/N-ethyl adjacent to an activating group) is 1. The van der Waals surface area contributed by atoms with E-state index in [1.54, 1.807) is 26.1 Å². The Morgan fingerprint density at radius 2 is 1.87 bits per heavy atom. The van der Waals surface area contributed by atoms with E-state index in [0.29, 0.717) is 19.0 Å². The molecular weight excluding hydrogens is 378 g/mol. The predicted octanol–water partition coefficient (Wildman–Crippen LogP) is 2.54. The highest BCUT2D eigenvalue weighted by Crippen LogP contribution is 2.17. The Labute approximate surface area is 177 Å². The molecule has 0 fully saturated rings. The molecule has 0 spiro atoms. The van der Waals surface area contributed by atoms with Gasteiger partial charge in [0.25, 0.3) is 0 Å². The molecule has 3 N–H and O–H groups in total. The number of carbonyl (C=O) groups is 1. The molecule has 158 valence electrons. The van der Waals surface area contributed by atoms with Crippen molar-refractivity contribution in [3.63, 3.8) is 0 Å². The number of rotatable bonds is 8. The molecule has 0 atom stereocenters. The quantitative estimate of drug-likeness (QED) is 0.396. The molecule has 7 nitrogen and oxygen atoms in total. The zero-order chi connectivity index (χ0) is 21.3. The van der Waals surface area contributed by atoms with Crippen LogP contribution in [0.5, 0.6) is 5.75 Å². The largest absolute Gasteiger partial charge is 0.497 e. The number of hydrogen-bond donors (Lipinski definition) is 3. The molecule has 7 heteroatoms. The van der Waals surface area contributed by atoms with Crippen LogP contribution in [0.15, 0.2) is 59.7 Å². The lowest BCUT2D eigenvalue weighted by molar-refractivity contribution is -0.127. The van der Waals surface area contributed by atoms with Crippen molar-refractivity contribution in [2.75, 3.05) is 34.3 Å². The number of ether oxygens (including phenoxy) is 1. The number of amides is 1. The normalized spacial score (nSPS) is 11.4. The Hall–Kier alpha value is -3.48. The van der Waals surface area contributed by atoms with Crippen LogP contribution in [0.4, 0.5) is 0 Å². The van der Waals surface area contributed by atoms with E-state index in [1.165, 1.54) is 10.9 Å². The predicted molar refractivity (Wildman–Crippen MR) is 121 cm³/mol. The van der Waals surface area contributed by atoms with Gasteiger partial charge in [-0.2, -0.15) is 0 Å². The lowest BCUT2D eigenvalue weighted by Gasteiger charge is -2.15. The second-order valence-corrected chi connectivity index (χ2v) is 7.19. The molecule has 0 radical (unpaired) electrons. The van der Waals surface area contributed by atoms with Gasteiger partial charge in [-0.25, -0.2) is 4.99 Å². The van der Waals surface area contributed by atoms with E-state index in [9.17, 15) is 4.79 Å². The van der Waals surface area contributed by atoms with Gasteiger partial charge in [0.15, 0.2) is 5.96 Å². The summed E-state index contributed by atoms with van der Waals surface area (Å²) in [6.07, 6.45) is 2.89. The van der Waals surface area contributed by atoms with E-state index in [2.05, 4.69) is 32.7 Å². The van der Waals surface area contributed by atoms with Gasteiger partial charge in [0, 0.05) is 37.7 Å². The van der Waals surface area contributed by atoms with Crippen molar-refractivity contribution in [1.82, 2.24) is 20.5 Å². The number of benzene rings is 2. The first kappa shape index (κ1) is 21.2. The van der Waals surface area contributed by atoms with Gasteiger partial charge in [-0.1, -0.05) is 30.3 Å². The molecule has 3 aromatic rings. The average Bonchev–Trinajstić information content (AvgIpc) is 3.18. The maximum atomic E-state index is 12.0. The number of nitrogens with zero attached hydrogens (tertiary/aromatic N) is 2. The molecule has 0 saturated carbocycles. The molecule has 30 heavy (non-hydrogen) atoms. The van der Waals surface area contributed by atoms with Crippen LogP contribution in [-0.2, 0) is 17.8 Å². The summed E-state index contributed by atoms with van der Waals surface area (Å²) in [5.74, 6) is 1.42. The fraction of sp³-hybridized carbons (Fsp3) is 0.304. The number of nitrogens with one attached hydrogen (secondary N) is 3. The molecule has 2 aromatic carbocycles. The third kappa shape index (κ3) is 5.76. The fourth-order valence-electron chi connectivity index (χ4n) is 3.05. The van der Waals surface area contributed by atoms with Gasteiger partial charge in [-0.15, -0.1) is 0 Å². The summed E-state index contributed by atoms with van der Waals surface area (Å²) in [6, 6.07) is 16.1. The summed E-state index contributed by atoms with van der Waals surface area (Å²) >= 11 is 0. The smallest absolute Gasteiger partial charge is 0.241 e. The van der Waals surface area contributed by atoms with Gasteiger partial charge in [0.05, 0.1) is 20.2 Å². The Balaban J connectivity index is 1.62. The van der Waals surface area contributed by atoms with E-state index in [0.717, 1.165) is 23.3 Å². The van der Waals surface area contributed by atoms with E-state index < -0.39 is 0 Å². The van der Waals surface area contributed by atoms with Crippen LogP contribution in [-0.4, -0.2) is 56.0 Å². The first-order chi connectivity index (χ1) is 14.6. The van der Waals surface area contributed by atoms with E-state index in [4.69, 9.17) is 4.74 Å². The number of aliphatic imine (C=N–C) groups is 1. The Morgan fingerprint density at radius 3 is 2.60 bits per heavy atom. The summed E-state index contributed by atoms with van der Waals surface area (Å²) < 4.78 is 5.20. The van der Waals surface area contributed by atoms with Crippen LogP contribution in [0.3, 0.4) is 0 Å². The number of aromatic nitrogens is 1. The molecule has 0 aliphatic carbocycles. The van der Waals surface area contributed by atoms with Crippen LogP contribution in [0.25, 0.3) is 10.9 Å². The molecule has 0 saturated heterocycles. The van der Waals surface area contributed by atoms with Gasteiger partial charge in [-0.3, -0.25) is 4.79 Å². The van der Waals surface area contributed by atoms with Gasteiger partial charge in [0.1, 0.15) is 5.75 Å². The van der Waals surface area contributed by atoms with Crippen molar-refractivity contribution >= 4 is 22.8 Å². The first-order valence-corrected chi connectivity index (χ1v) is 9.97. The average molecular weight is 408 g/mol. The van der Waals surface area contributed by atoms with Crippen LogP contribution in [0.2, 0.25) is 0 Å². The maximum absolute atomic E-state index is 12.0. The van der Waals surface area contributed by atoms with E-state index >= 15 is 0 Å². The SMILES string of the molecule is COc1ccc(CN=C(NCCc2c[nH]c3ccccc23)NCC(=O)N(C)C)cc1. The van der Waals surface area contributed by atoms with Crippen molar-refractivity contribution in [3.8, 4) is 5.75 Å². The van der Waals surface area contributed by atoms with Crippen LogP contribution in [0.1, 0.15) is 11.1 Å². The van der Waals surface area contributed by atoms with Crippen molar-refractivity contribution in [2.24, 2.45) is 4.99 Å². The van der Waals surface area contributed by atoms with Crippen molar-refractivity contribution in [2.45, 2.75) is 13.0 Å². The minimum absolute atomic E-state index is 0.00873. The third-order valence-electron chi connectivity index (χ3n) is 4.85. The zero-order valence-corrected chi connectivity index (χ0v) is 17.7. The van der Waals surface area contributed by atoms with Gasteiger partial charge < -0.3 is 25.3 Å². The maximum Gasteiger partial charge on any atom is 0.241 e. The van der Waals surface area contributed by atoms with Crippen molar-refractivity contribution in [3.05, 3.63) is 65.9 Å². The monoisotopic (exact) mass is 407 g/mol. The highest BCUT2D eigenvalue weighted by molar-refractivity contribution is 5.86. The van der Waals surface area contributed by atoms with Crippen molar-refractivity contribution < 1.29 is 9.53 Å². The number of hydrogen-bond acceptors (Lipinski definition) is 3. The molecule has 3 rings (SSSR count). The number of aromatic amines is 1. The van der Waals surface area contributed by atoms with Gasteiger partial charge in [-0.05, 0) is 35.7 Å². The number of carbonyl (C=O) groups excluding carboxylic acids is 1. The fourth-order valence-corrected chi connectivity index (χ4v) is 3.05. The highest BCUT2D eigenvalue weighted by Gasteiger charge is 2.07. The highest BCUT2D eigenvalue weighted by atomic mass is 16.5. The van der Waals surface area contributed by atoms with E-state index in [-0.39, 0.29) is 12.5 Å². The lowest BCUT2D eigenvalue weighted by Crippen LogP contribution is -2.43. The Morgan fingerprint density at radius 1 is 1.10 bits per heavy atom. The molecule has 1 heterocycles. The van der Waals surface area contributed by atoms with Crippen molar-refractivity contribution in [1.29, 1.82) is 0 Å². The molecular formula is C23H29N5O2. The topological polar surface area (TPSA) is 81.7 Å². The molecule has 1 aromatic heterocycles. The molecule has 0 aliphatic rings. The number of H-pyrrole nitrogens is 1. The van der Waals surface area contributed by atoms with Crippen LogP contribution in [0, 0.1) is 0 Å². The molecule has 0 aliphatic heterocycles.